The molecule has 0 atom stereocenters. The number of hydrogen-bond acceptors (Lipinski definition) is 6. The van der Waals surface area contributed by atoms with Gasteiger partial charge in [-0.05, 0) is 29.8 Å². The Morgan fingerprint density at radius 3 is 2.63 bits per heavy atom. The average molecular weight is 364 g/mol. The zero-order chi connectivity index (χ0) is 19.4. The van der Waals surface area contributed by atoms with E-state index in [4.69, 9.17) is 10.00 Å². The number of carbonyl (C=O) groups excluding carboxylic acids is 2. The molecule has 1 saturated heterocycles. The molecule has 0 unspecified atom stereocenters. The molecule has 0 aliphatic carbocycles. The van der Waals surface area contributed by atoms with Crippen molar-refractivity contribution in [2.45, 2.75) is 0 Å². The van der Waals surface area contributed by atoms with Crippen molar-refractivity contribution in [1.29, 1.82) is 5.26 Å². The summed E-state index contributed by atoms with van der Waals surface area (Å²) in [5.74, 6) is -1.26. The summed E-state index contributed by atoms with van der Waals surface area (Å²) in [5.41, 5.74) is 2.69. The lowest BCUT2D eigenvalue weighted by Gasteiger charge is -2.13. The van der Waals surface area contributed by atoms with Crippen LogP contribution in [-0.2, 0) is 9.59 Å². The first-order valence-corrected chi connectivity index (χ1v) is 7.71. The second kappa shape index (κ2) is 7.37. The first-order chi connectivity index (χ1) is 13.0. The standard InChI is InChI=1S/C18H12N4O5/c19-8-9-27-16-7-6-12(11-15(16)22(25)26)10-14-17(23)20-21(18(14)24)13-4-2-1-3-5-13/h1-7,10-11H,9H2,(H,20,23)/b14-10-. The molecule has 27 heavy (non-hydrogen) atoms. The summed E-state index contributed by atoms with van der Waals surface area (Å²) >= 11 is 0. The number of hydrazine groups is 1. The molecule has 134 valence electrons. The van der Waals surface area contributed by atoms with Crippen molar-refractivity contribution in [2.75, 3.05) is 11.6 Å². The van der Waals surface area contributed by atoms with E-state index >= 15 is 0 Å². The van der Waals surface area contributed by atoms with Gasteiger partial charge in [-0.2, -0.15) is 5.26 Å². The van der Waals surface area contributed by atoms with E-state index < -0.39 is 16.7 Å². The lowest BCUT2D eigenvalue weighted by atomic mass is 10.1. The molecule has 1 N–H and O–H groups in total. The third kappa shape index (κ3) is 3.59. The summed E-state index contributed by atoms with van der Waals surface area (Å²) in [4.78, 5) is 35.2. The minimum absolute atomic E-state index is 0.0724. The van der Waals surface area contributed by atoms with Crippen molar-refractivity contribution < 1.29 is 19.2 Å². The Balaban J connectivity index is 1.93. The number of ether oxygens (including phenoxy) is 1. The van der Waals surface area contributed by atoms with Crippen molar-refractivity contribution >= 4 is 29.3 Å². The molecular formula is C18H12N4O5. The van der Waals surface area contributed by atoms with Gasteiger partial charge in [0.15, 0.2) is 12.4 Å². The van der Waals surface area contributed by atoms with Crippen molar-refractivity contribution in [3.05, 3.63) is 69.8 Å². The Kier molecular flexibility index (Phi) is 4.81. The van der Waals surface area contributed by atoms with E-state index in [1.54, 1.807) is 36.4 Å². The molecule has 2 aromatic carbocycles. The van der Waals surface area contributed by atoms with E-state index in [-0.39, 0.29) is 29.2 Å². The molecule has 1 heterocycles. The number of para-hydroxylation sites is 1. The fraction of sp³-hybridized carbons (Fsp3) is 0.0556. The van der Waals surface area contributed by atoms with Gasteiger partial charge in [-0.1, -0.05) is 24.3 Å². The van der Waals surface area contributed by atoms with Crippen LogP contribution in [-0.4, -0.2) is 23.3 Å². The zero-order valence-corrected chi connectivity index (χ0v) is 13.8. The van der Waals surface area contributed by atoms with E-state index in [1.165, 1.54) is 24.3 Å². The molecular weight excluding hydrogens is 352 g/mol. The quantitative estimate of drug-likeness (QED) is 0.374. The van der Waals surface area contributed by atoms with Crippen LogP contribution >= 0.6 is 0 Å². The van der Waals surface area contributed by atoms with Gasteiger partial charge in [0.2, 0.25) is 0 Å². The number of anilines is 1. The predicted molar refractivity (Wildman–Crippen MR) is 94.3 cm³/mol. The summed E-state index contributed by atoms with van der Waals surface area (Å²) in [6, 6.07) is 14.2. The monoisotopic (exact) mass is 364 g/mol. The van der Waals surface area contributed by atoms with Crippen molar-refractivity contribution in [1.82, 2.24) is 5.43 Å². The first kappa shape index (κ1) is 17.6. The van der Waals surface area contributed by atoms with Crippen LogP contribution in [0.5, 0.6) is 5.75 Å². The van der Waals surface area contributed by atoms with Crippen LogP contribution in [0.1, 0.15) is 5.56 Å². The molecule has 1 fully saturated rings. The van der Waals surface area contributed by atoms with Crippen molar-refractivity contribution in [2.24, 2.45) is 0 Å². The van der Waals surface area contributed by atoms with Gasteiger partial charge in [0.1, 0.15) is 11.6 Å². The average Bonchev–Trinajstić information content (AvgIpc) is 2.95. The molecule has 0 aromatic heterocycles. The van der Waals surface area contributed by atoms with Crippen LogP contribution in [0.4, 0.5) is 11.4 Å². The van der Waals surface area contributed by atoms with Gasteiger partial charge in [0.25, 0.3) is 11.8 Å². The van der Waals surface area contributed by atoms with Crippen LogP contribution in [0.3, 0.4) is 0 Å². The number of nitrogens with one attached hydrogen (secondary N) is 1. The highest BCUT2D eigenvalue weighted by molar-refractivity contribution is 6.31. The Morgan fingerprint density at radius 2 is 1.96 bits per heavy atom. The molecule has 9 heteroatoms. The predicted octanol–water partition coefficient (Wildman–Crippen LogP) is 1.96. The molecule has 9 nitrogen and oxygen atoms in total. The number of nitriles is 1. The molecule has 1 aliphatic heterocycles. The van der Waals surface area contributed by atoms with Crippen molar-refractivity contribution in [3.63, 3.8) is 0 Å². The third-order valence-electron chi connectivity index (χ3n) is 3.69. The van der Waals surface area contributed by atoms with Crippen LogP contribution in [0.15, 0.2) is 54.1 Å². The maximum absolute atomic E-state index is 12.5. The Labute approximate surface area is 153 Å². The van der Waals surface area contributed by atoms with Crippen molar-refractivity contribution in [3.8, 4) is 11.8 Å². The smallest absolute Gasteiger partial charge is 0.311 e. The number of nitro groups is 1. The highest BCUT2D eigenvalue weighted by Crippen LogP contribution is 2.29. The summed E-state index contributed by atoms with van der Waals surface area (Å²) < 4.78 is 5.01. The molecule has 2 amide bonds. The second-order valence-corrected chi connectivity index (χ2v) is 5.41. The molecule has 0 spiro atoms. The molecule has 0 radical (unpaired) electrons. The summed E-state index contributed by atoms with van der Waals surface area (Å²) in [5, 5.41) is 20.8. The lowest BCUT2D eigenvalue weighted by Crippen LogP contribution is -2.35. The van der Waals surface area contributed by atoms with Gasteiger partial charge in [0, 0.05) is 6.07 Å². The topological polar surface area (TPSA) is 126 Å². The van der Waals surface area contributed by atoms with Gasteiger partial charge in [-0.3, -0.25) is 25.1 Å². The highest BCUT2D eigenvalue weighted by atomic mass is 16.6. The lowest BCUT2D eigenvalue weighted by molar-refractivity contribution is -0.385. The number of amides is 2. The van der Waals surface area contributed by atoms with Gasteiger partial charge in [0.05, 0.1) is 10.6 Å². The SMILES string of the molecule is N#CCOc1ccc(/C=C2/C(=O)NN(c3ccccc3)C2=O)cc1[N+](=O)[O-]. The van der Waals surface area contributed by atoms with E-state index in [9.17, 15) is 19.7 Å². The van der Waals surface area contributed by atoms with E-state index in [1.807, 2.05) is 0 Å². The number of hydrogen-bond donors (Lipinski definition) is 1. The van der Waals surface area contributed by atoms with Crippen LogP contribution in [0.25, 0.3) is 6.08 Å². The number of nitro benzene ring substituents is 1. The maximum Gasteiger partial charge on any atom is 0.311 e. The van der Waals surface area contributed by atoms with Gasteiger partial charge in [-0.25, -0.2) is 5.01 Å². The second-order valence-electron chi connectivity index (χ2n) is 5.41. The summed E-state index contributed by atoms with van der Waals surface area (Å²) in [7, 11) is 0. The third-order valence-corrected chi connectivity index (χ3v) is 3.69. The van der Waals surface area contributed by atoms with Gasteiger partial charge in [-0.15, -0.1) is 0 Å². The Bertz CT molecular complexity index is 995. The minimum atomic E-state index is -0.665. The number of carbonyl (C=O) groups is 2. The molecule has 3 rings (SSSR count). The van der Waals surface area contributed by atoms with E-state index in [2.05, 4.69) is 5.43 Å². The number of benzene rings is 2. The minimum Gasteiger partial charge on any atom is -0.472 e. The maximum atomic E-state index is 12.5. The summed E-state index contributed by atoms with van der Waals surface area (Å²) in [6.07, 6.45) is 1.27. The normalized spacial score (nSPS) is 14.8. The largest absolute Gasteiger partial charge is 0.472 e. The van der Waals surface area contributed by atoms with Gasteiger partial charge >= 0.3 is 5.69 Å². The summed E-state index contributed by atoms with van der Waals surface area (Å²) in [6.45, 7) is -0.339. The van der Waals surface area contributed by atoms with Crippen LogP contribution in [0.2, 0.25) is 0 Å². The Hall–Kier alpha value is -4.19. The fourth-order valence-electron chi connectivity index (χ4n) is 2.48. The van der Waals surface area contributed by atoms with Crippen LogP contribution < -0.4 is 15.2 Å². The van der Waals surface area contributed by atoms with Crippen LogP contribution in [0, 0.1) is 21.4 Å². The zero-order valence-electron chi connectivity index (χ0n) is 13.8. The van der Waals surface area contributed by atoms with E-state index in [0.717, 1.165) is 5.01 Å². The first-order valence-electron chi connectivity index (χ1n) is 7.71. The molecule has 0 saturated carbocycles. The van der Waals surface area contributed by atoms with E-state index in [0.29, 0.717) is 5.69 Å². The molecule has 0 bridgehead atoms. The fourth-order valence-corrected chi connectivity index (χ4v) is 2.48. The molecule has 1 aliphatic rings. The number of rotatable bonds is 5. The van der Waals surface area contributed by atoms with Gasteiger partial charge < -0.3 is 4.74 Å². The molecule has 2 aromatic rings. The number of nitrogens with zero attached hydrogens (tertiary/aromatic N) is 3. The Morgan fingerprint density at radius 1 is 1.22 bits per heavy atom. The highest BCUT2D eigenvalue weighted by Gasteiger charge is 2.34.